The molecule has 1 aliphatic rings. The summed E-state index contributed by atoms with van der Waals surface area (Å²) in [5.41, 5.74) is 0.621. The summed E-state index contributed by atoms with van der Waals surface area (Å²) in [5, 5.41) is 8.74. The topological polar surface area (TPSA) is 57.6 Å². The quantitative estimate of drug-likeness (QED) is 0.924. The van der Waals surface area contributed by atoms with Crippen molar-refractivity contribution in [3.8, 4) is 0 Å². The molecule has 6 heteroatoms. The van der Waals surface area contributed by atoms with Gasteiger partial charge in [0, 0.05) is 12.2 Å². The van der Waals surface area contributed by atoms with E-state index in [0.29, 0.717) is 11.3 Å². The van der Waals surface area contributed by atoms with Crippen molar-refractivity contribution in [3.05, 3.63) is 35.6 Å². The Balaban J connectivity index is 2.34. The van der Waals surface area contributed by atoms with E-state index >= 15 is 0 Å². The third-order valence-corrected chi connectivity index (χ3v) is 4.33. The van der Waals surface area contributed by atoms with Crippen LogP contribution < -0.4 is 0 Å². The van der Waals surface area contributed by atoms with Crippen molar-refractivity contribution in [1.29, 1.82) is 0 Å². The molecule has 1 saturated heterocycles. The fourth-order valence-corrected chi connectivity index (χ4v) is 3.53. The van der Waals surface area contributed by atoms with Crippen LogP contribution in [0.5, 0.6) is 0 Å². The van der Waals surface area contributed by atoms with Crippen LogP contribution in [0, 0.1) is 5.82 Å². The molecule has 1 amide bonds. The van der Waals surface area contributed by atoms with Crippen molar-refractivity contribution in [3.63, 3.8) is 0 Å². The third kappa shape index (κ3) is 2.73. The highest BCUT2D eigenvalue weighted by Crippen LogP contribution is 2.41. The first kappa shape index (κ1) is 13.9. The van der Waals surface area contributed by atoms with E-state index in [1.165, 1.54) is 28.8 Å². The summed E-state index contributed by atoms with van der Waals surface area (Å²) in [6, 6.07) is 5.10. The minimum absolute atomic E-state index is 0.230. The summed E-state index contributed by atoms with van der Waals surface area (Å²) in [4.78, 5) is 24.5. The van der Waals surface area contributed by atoms with Gasteiger partial charge in [0.05, 0.1) is 0 Å². The van der Waals surface area contributed by atoms with Gasteiger partial charge < -0.3 is 10.0 Å². The van der Waals surface area contributed by atoms with Gasteiger partial charge in [-0.25, -0.2) is 9.18 Å². The predicted octanol–water partition coefficient (Wildman–Crippen LogP) is 2.26. The first-order chi connectivity index (χ1) is 9.04. The molecule has 0 radical (unpaired) electrons. The normalized spacial score (nSPS) is 22.5. The number of hydrogen-bond acceptors (Lipinski definition) is 3. The molecule has 1 heterocycles. The van der Waals surface area contributed by atoms with Crippen LogP contribution in [0.15, 0.2) is 24.3 Å². The zero-order valence-corrected chi connectivity index (χ0v) is 11.2. The van der Waals surface area contributed by atoms with Crippen LogP contribution in [0.1, 0.15) is 24.3 Å². The van der Waals surface area contributed by atoms with Gasteiger partial charge in [0.2, 0.25) is 5.91 Å². The first-order valence-electron chi connectivity index (χ1n) is 5.95. The lowest BCUT2D eigenvalue weighted by atomic mass is 10.1. The van der Waals surface area contributed by atoms with Gasteiger partial charge in [-0.05, 0) is 17.7 Å². The van der Waals surface area contributed by atoms with Crippen LogP contribution in [0.3, 0.4) is 0 Å². The Morgan fingerprint density at radius 2 is 2.26 bits per heavy atom. The molecule has 0 saturated carbocycles. The van der Waals surface area contributed by atoms with E-state index in [1.54, 1.807) is 19.1 Å². The number of carbonyl (C=O) groups is 2. The molecule has 4 nitrogen and oxygen atoms in total. The Hall–Kier alpha value is -1.56. The lowest BCUT2D eigenvalue weighted by Gasteiger charge is -2.27. The van der Waals surface area contributed by atoms with Crippen LogP contribution in [-0.2, 0) is 9.59 Å². The molecule has 1 N–H and O–H groups in total. The van der Waals surface area contributed by atoms with E-state index in [0.717, 1.165) is 0 Å². The fourth-order valence-electron chi connectivity index (χ4n) is 2.10. The van der Waals surface area contributed by atoms with E-state index in [-0.39, 0.29) is 18.1 Å². The van der Waals surface area contributed by atoms with Crippen molar-refractivity contribution in [2.24, 2.45) is 0 Å². The fraction of sp³-hybridized carbons (Fsp3) is 0.385. The zero-order chi connectivity index (χ0) is 14.0. The zero-order valence-electron chi connectivity index (χ0n) is 10.4. The summed E-state index contributed by atoms with van der Waals surface area (Å²) >= 11 is 1.35. The molecule has 2 rings (SSSR count). The second kappa shape index (κ2) is 5.61. The van der Waals surface area contributed by atoms with Gasteiger partial charge >= 0.3 is 5.97 Å². The molecule has 0 unspecified atom stereocenters. The molecule has 1 aromatic rings. The van der Waals surface area contributed by atoms with Gasteiger partial charge in [-0.15, -0.1) is 11.8 Å². The molecular weight excluding hydrogens is 269 g/mol. The highest BCUT2D eigenvalue weighted by atomic mass is 32.2. The third-order valence-electron chi connectivity index (χ3n) is 3.01. The monoisotopic (exact) mass is 283 g/mol. The van der Waals surface area contributed by atoms with Crippen LogP contribution in [0.2, 0.25) is 0 Å². The molecule has 1 aliphatic heterocycles. The number of thioether (sulfide) groups is 1. The Kier molecular flexibility index (Phi) is 4.09. The average Bonchev–Trinajstić information content (AvgIpc) is 2.82. The molecule has 0 bridgehead atoms. The highest BCUT2D eigenvalue weighted by Gasteiger charge is 2.41. The van der Waals surface area contributed by atoms with Gasteiger partial charge in [-0.1, -0.05) is 19.1 Å². The maximum atomic E-state index is 13.3. The van der Waals surface area contributed by atoms with Gasteiger partial charge in [-0.3, -0.25) is 4.79 Å². The average molecular weight is 283 g/mol. The molecule has 19 heavy (non-hydrogen) atoms. The largest absolute Gasteiger partial charge is 0.480 e. The summed E-state index contributed by atoms with van der Waals surface area (Å²) in [6.07, 6.45) is 0.232. The van der Waals surface area contributed by atoms with Gasteiger partial charge in [-0.2, -0.15) is 0 Å². The van der Waals surface area contributed by atoms with Crippen molar-refractivity contribution in [2.75, 3.05) is 5.75 Å². The number of hydrogen-bond donors (Lipinski definition) is 1. The molecule has 102 valence electrons. The standard InChI is InChI=1S/C13H14FNO3S/c1-2-11(16)15-10(13(17)18)7-19-12(15)8-4-3-5-9(14)6-8/h3-6,10,12H,2,7H2,1H3,(H,17,18)/t10-,12+/m0/s1. The number of carbonyl (C=O) groups excluding carboxylic acids is 1. The predicted molar refractivity (Wildman–Crippen MR) is 70.2 cm³/mol. The highest BCUT2D eigenvalue weighted by molar-refractivity contribution is 7.99. The number of carboxylic acid groups (broad SMARTS) is 1. The number of amides is 1. The van der Waals surface area contributed by atoms with E-state index < -0.39 is 17.4 Å². The lowest BCUT2D eigenvalue weighted by Crippen LogP contribution is -2.42. The summed E-state index contributed by atoms with van der Waals surface area (Å²) < 4.78 is 13.3. The smallest absolute Gasteiger partial charge is 0.327 e. The molecular formula is C13H14FNO3S. The molecule has 0 aliphatic carbocycles. The van der Waals surface area contributed by atoms with Crippen LogP contribution in [0.4, 0.5) is 4.39 Å². The molecule has 1 fully saturated rings. The van der Waals surface area contributed by atoms with Crippen molar-refractivity contribution in [2.45, 2.75) is 24.8 Å². The Morgan fingerprint density at radius 3 is 2.84 bits per heavy atom. The number of benzene rings is 1. The van der Waals surface area contributed by atoms with Gasteiger partial charge in [0.1, 0.15) is 17.2 Å². The van der Waals surface area contributed by atoms with E-state index in [1.807, 2.05) is 0 Å². The minimum Gasteiger partial charge on any atom is -0.480 e. The lowest BCUT2D eigenvalue weighted by molar-refractivity contribution is -0.149. The summed E-state index contributed by atoms with van der Waals surface area (Å²) in [6.45, 7) is 1.69. The van der Waals surface area contributed by atoms with Gasteiger partial charge in [0.15, 0.2) is 0 Å². The van der Waals surface area contributed by atoms with Gasteiger partial charge in [0.25, 0.3) is 0 Å². The van der Waals surface area contributed by atoms with Crippen LogP contribution >= 0.6 is 11.8 Å². The van der Waals surface area contributed by atoms with Crippen molar-refractivity contribution >= 4 is 23.6 Å². The number of rotatable bonds is 3. The van der Waals surface area contributed by atoms with E-state index in [2.05, 4.69) is 0 Å². The summed E-state index contributed by atoms with van der Waals surface area (Å²) in [5.74, 6) is -1.32. The second-order valence-electron chi connectivity index (χ2n) is 4.25. The van der Waals surface area contributed by atoms with E-state index in [9.17, 15) is 14.0 Å². The molecule has 1 aromatic carbocycles. The number of carboxylic acids is 1. The van der Waals surface area contributed by atoms with Crippen molar-refractivity contribution < 1.29 is 19.1 Å². The number of aliphatic carboxylic acids is 1. The maximum Gasteiger partial charge on any atom is 0.327 e. The Bertz CT molecular complexity index is 508. The summed E-state index contributed by atoms with van der Waals surface area (Å²) in [7, 11) is 0. The molecule has 0 spiro atoms. The SMILES string of the molecule is CCC(=O)N1[C@@H](c2cccc(F)c2)SC[C@H]1C(=O)O. The number of halogens is 1. The number of nitrogens with zero attached hydrogens (tertiary/aromatic N) is 1. The second-order valence-corrected chi connectivity index (χ2v) is 5.36. The first-order valence-corrected chi connectivity index (χ1v) is 7.00. The van der Waals surface area contributed by atoms with Crippen LogP contribution in [0.25, 0.3) is 0 Å². The van der Waals surface area contributed by atoms with Crippen molar-refractivity contribution in [1.82, 2.24) is 4.90 Å². The van der Waals surface area contributed by atoms with Crippen LogP contribution in [-0.4, -0.2) is 33.7 Å². The Labute approximate surface area is 114 Å². The maximum absolute atomic E-state index is 13.3. The van der Waals surface area contributed by atoms with E-state index in [4.69, 9.17) is 5.11 Å². The molecule has 2 atom stereocenters. The Morgan fingerprint density at radius 1 is 1.53 bits per heavy atom. The molecule has 0 aromatic heterocycles. The minimum atomic E-state index is -1.02.